The normalized spacial score (nSPS) is 16.5. The van der Waals surface area contributed by atoms with Gasteiger partial charge in [-0.2, -0.15) is 4.21 Å². The SMILES string of the molecule is CCCCC(CC)C[SiH](CC(CC)CCCC)O[P+](=O)O. The molecule has 0 saturated carbocycles. The molecule has 0 aromatic rings. The van der Waals surface area contributed by atoms with Crippen molar-refractivity contribution in [1.82, 2.24) is 0 Å². The molecule has 0 amide bonds. The predicted octanol–water partition coefficient (Wildman–Crippen LogP) is 5.81. The maximum Gasteiger partial charge on any atom is 0.682 e. The van der Waals surface area contributed by atoms with Gasteiger partial charge in [0, 0.05) is 4.57 Å². The van der Waals surface area contributed by atoms with Gasteiger partial charge >= 0.3 is 8.25 Å². The molecule has 21 heavy (non-hydrogen) atoms. The zero-order chi connectivity index (χ0) is 16.1. The van der Waals surface area contributed by atoms with Gasteiger partial charge in [-0.25, -0.2) is 0 Å². The summed E-state index contributed by atoms with van der Waals surface area (Å²) in [6.45, 7) is 8.92. The van der Waals surface area contributed by atoms with E-state index >= 15 is 0 Å². The van der Waals surface area contributed by atoms with Gasteiger partial charge in [-0.15, -0.1) is 4.89 Å². The highest BCUT2D eigenvalue weighted by Gasteiger charge is 2.29. The highest BCUT2D eigenvalue weighted by Crippen LogP contribution is 2.30. The average molecular weight is 336 g/mol. The van der Waals surface area contributed by atoms with E-state index in [1.54, 1.807) is 0 Å². The van der Waals surface area contributed by atoms with Gasteiger partial charge in [-0.1, -0.05) is 79.1 Å². The molecule has 0 radical (unpaired) electrons. The minimum absolute atomic E-state index is 0.681. The molecule has 0 bridgehead atoms. The Labute approximate surface area is 134 Å². The summed E-state index contributed by atoms with van der Waals surface area (Å²) in [4.78, 5) is 9.17. The molecule has 0 rings (SSSR count). The molecular weight excluding hydrogens is 299 g/mol. The molecule has 0 fully saturated rings. The van der Waals surface area contributed by atoms with Crippen molar-refractivity contribution >= 4 is 17.3 Å². The number of hydrogen-bond donors (Lipinski definition) is 1. The Balaban J connectivity index is 4.49. The maximum absolute atomic E-state index is 11.1. The molecule has 3 unspecified atom stereocenters. The first kappa shape index (κ1) is 21.2. The number of hydrogen-bond acceptors (Lipinski definition) is 2. The van der Waals surface area contributed by atoms with Crippen molar-refractivity contribution in [2.24, 2.45) is 11.8 Å². The first-order chi connectivity index (χ1) is 10.1. The number of unbranched alkanes of at least 4 members (excludes halogenated alkanes) is 2. The van der Waals surface area contributed by atoms with E-state index in [-0.39, 0.29) is 0 Å². The lowest BCUT2D eigenvalue weighted by Crippen LogP contribution is -2.22. The Morgan fingerprint density at radius 1 is 0.952 bits per heavy atom. The van der Waals surface area contributed by atoms with Gasteiger partial charge < -0.3 is 0 Å². The van der Waals surface area contributed by atoms with E-state index in [0.29, 0.717) is 11.8 Å². The van der Waals surface area contributed by atoms with Crippen molar-refractivity contribution in [2.45, 2.75) is 91.1 Å². The summed E-state index contributed by atoms with van der Waals surface area (Å²) in [7, 11) is -3.99. The van der Waals surface area contributed by atoms with Crippen LogP contribution in [0.15, 0.2) is 0 Å². The van der Waals surface area contributed by atoms with Crippen LogP contribution in [-0.4, -0.2) is 13.9 Å². The van der Waals surface area contributed by atoms with Crippen LogP contribution < -0.4 is 0 Å². The highest BCUT2D eigenvalue weighted by atomic mass is 31.1. The summed E-state index contributed by atoms with van der Waals surface area (Å²) in [5, 5.41) is 0. The minimum atomic E-state index is -2.43. The third-order valence-electron chi connectivity index (χ3n) is 4.52. The molecule has 3 atom stereocenters. The fraction of sp³-hybridized carbons (Fsp3) is 1.00. The first-order valence-corrected chi connectivity index (χ1v) is 12.1. The average Bonchev–Trinajstić information content (AvgIpc) is 2.46. The molecule has 1 N–H and O–H groups in total. The molecule has 0 heterocycles. The minimum Gasteiger partial charge on any atom is -0.179 e. The van der Waals surface area contributed by atoms with E-state index in [9.17, 15) is 4.57 Å². The second kappa shape index (κ2) is 13.9. The third kappa shape index (κ3) is 11.5. The lowest BCUT2D eigenvalue weighted by Gasteiger charge is -2.21. The second-order valence-electron chi connectivity index (χ2n) is 6.27. The van der Waals surface area contributed by atoms with E-state index in [1.807, 2.05) is 0 Å². The van der Waals surface area contributed by atoms with Crippen molar-refractivity contribution < 1.29 is 13.7 Å². The quantitative estimate of drug-likeness (QED) is 0.322. The van der Waals surface area contributed by atoms with Crippen molar-refractivity contribution in [1.29, 1.82) is 0 Å². The summed E-state index contributed by atoms with van der Waals surface area (Å²) >= 11 is 0. The van der Waals surface area contributed by atoms with Crippen molar-refractivity contribution in [2.75, 3.05) is 0 Å². The summed E-state index contributed by atoms with van der Waals surface area (Å²) in [5.74, 6) is 1.36. The van der Waals surface area contributed by atoms with E-state index in [4.69, 9.17) is 9.11 Å². The van der Waals surface area contributed by atoms with Gasteiger partial charge in [-0.3, -0.25) is 0 Å². The monoisotopic (exact) mass is 335 g/mol. The van der Waals surface area contributed by atoms with Crippen LogP contribution in [0.4, 0.5) is 0 Å². The summed E-state index contributed by atoms with van der Waals surface area (Å²) in [6, 6.07) is 2.14. The van der Waals surface area contributed by atoms with Gasteiger partial charge in [0.2, 0.25) is 0 Å². The molecule has 0 aromatic heterocycles. The standard InChI is InChI=1S/C16H35O3PSi/c1-5-9-11-15(7-3)13-21(19-20(17)18)14-16(8-4)12-10-6-2/h15-16,21H,5-14H2,1-4H3/p+1. The van der Waals surface area contributed by atoms with Gasteiger partial charge in [0.15, 0.2) is 0 Å². The molecule has 0 aliphatic rings. The molecule has 0 saturated heterocycles. The first-order valence-electron chi connectivity index (χ1n) is 8.90. The van der Waals surface area contributed by atoms with Gasteiger partial charge in [0.05, 0.1) is 0 Å². The molecule has 3 nitrogen and oxygen atoms in total. The molecule has 0 spiro atoms. The largest absolute Gasteiger partial charge is 0.682 e. The second-order valence-corrected chi connectivity index (χ2v) is 9.78. The van der Waals surface area contributed by atoms with Crippen molar-refractivity contribution in [3.05, 3.63) is 0 Å². The number of rotatable bonds is 14. The van der Waals surface area contributed by atoms with E-state index in [1.165, 1.54) is 51.4 Å². The van der Waals surface area contributed by atoms with Crippen LogP contribution >= 0.6 is 8.25 Å². The van der Waals surface area contributed by atoms with Crippen LogP contribution in [0.2, 0.25) is 12.1 Å². The summed E-state index contributed by atoms with van der Waals surface area (Å²) < 4.78 is 16.6. The molecule has 0 aliphatic heterocycles. The Morgan fingerprint density at radius 3 is 1.67 bits per heavy atom. The molecule has 0 aliphatic carbocycles. The lowest BCUT2D eigenvalue weighted by molar-refractivity contribution is 0.391. The maximum atomic E-state index is 11.1. The zero-order valence-corrected chi connectivity index (χ0v) is 16.6. The highest BCUT2D eigenvalue weighted by molar-refractivity contribution is 7.34. The van der Waals surface area contributed by atoms with Crippen molar-refractivity contribution in [3.63, 3.8) is 0 Å². The van der Waals surface area contributed by atoms with Gasteiger partial charge in [0.1, 0.15) is 0 Å². The zero-order valence-electron chi connectivity index (χ0n) is 14.5. The predicted molar refractivity (Wildman–Crippen MR) is 94.3 cm³/mol. The van der Waals surface area contributed by atoms with E-state index < -0.39 is 17.3 Å². The fourth-order valence-electron chi connectivity index (χ4n) is 3.02. The topological polar surface area (TPSA) is 46.5 Å². The Hall–Kier alpha value is 0.237. The van der Waals surface area contributed by atoms with Crippen LogP contribution in [0.3, 0.4) is 0 Å². The molecule has 126 valence electrons. The van der Waals surface area contributed by atoms with Gasteiger partial charge in [-0.05, 0) is 23.9 Å². The smallest absolute Gasteiger partial charge is 0.179 e. The molecule has 0 aromatic carbocycles. The molecular formula is C16H36O3PSi+. The fourth-order valence-corrected chi connectivity index (χ4v) is 7.54. The summed E-state index contributed by atoms with van der Waals surface area (Å²) in [5.41, 5.74) is 0. The van der Waals surface area contributed by atoms with E-state index in [2.05, 4.69) is 27.7 Å². The van der Waals surface area contributed by atoms with Crippen LogP contribution in [0.5, 0.6) is 0 Å². The molecule has 5 heteroatoms. The lowest BCUT2D eigenvalue weighted by atomic mass is 10.0. The van der Waals surface area contributed by atoms with Crippen LogP contribution in [0, 0.1) is 11.8 Å². The van der Waals surface area contributed by atoms with Crippen molar-refractivity contribution in [3.8, 4) is 0 Å². The van der Waals surface area contributed by atoms with Crippen LogP contribution in [0.25, 0.3) is 0 Å². The van der Waals surface area contributed by atoms with Crippen LogP contribution in [-0.2, 0) is 8.78 Å². The van der Waals surface area contributed by atoms with Crippen LogP contribution in [0.1, 0.15) is 79.1 Å². The Kier molecular flexibility index (Phi) is 14.0. The Morgan fingerprint density at radius 2 is 1.38 bits per heavy atom. The van der Waals surface area contributed by atoms with E-state index in [0.717, 1.165) is 12.1 Å². The Bertz CT molecular complexity index is 246. The summed E-state index contributed by atoms with van der Waals surface area (Å²) in [6.07, 6.45) is 9.80. The van der Waals surface area contributed by atoms with Gasteiger partial charge in [0.25, 0.3) is 9.04 Å². The third-order valence-corrected chi connectivity index (χ3v) is 8.82.